The Morgan fingerprint density at radius 3 is 2.77 bits per heavy atom. The highest BCUT2D eigenvalue weighted by atomic mass is 16.5. The SMILES string of the molecule is C=CCNC(=O)NC1CC(C(=O)N2CCCC2C(=O)OC)N(C(=O)c2ccco2)C1. The lowest BCUT2D eigenvalue weighted by Gasteiger charge is -2.29. The molecule has 0 bridgehead atoms. The average molecular weight is 418 g/mol. The lowest BCUT2D eigenvalue weighted by atomic mass is 10.1. The van der Waals surface area contributed by atoms with E-state index in [2.05, 4.69) is 17.2 Å². The maximum absolute atomic E-state index is 13.3. The van der Waals surface area contributed by atoms with E-state index in [0.29, 0.717) is 25.9 Å². The third-order valence-corrected chi connectivity index (χ3v) is 5.33. The number of carbonyl (C=O) groups excluding carboxylic acids is 4. The maximum Gasteiger partial charge on any atom is 0.328 e. The van der Waals surface area contributed by atoms with Crippen LogP contribution in [0.3, 0.4) is 0 Å². The smallest absolute Gasteiger partial charge is 0.328 e. The van der Waals surface area contributed by atoms with Crippen LogP contribution in [0.1, 0.15) is 29.8 Å². The van der Waals surface area contributed by atoms with E-state index in [1.165, 1.54) is 29.2 Å². The molecule has 0 spiro atoms. The van der Waals surface area contributed by atoms with Gasteiger partial charge < -0.3 is 29.6 Å². The molecule has 3 rings (SSSR count). The zero-order chi connectivity index (χ0) is 21.7. The van der Waals surface area contributed by atoms with E-state index in [0.717, 1.165) is 0 Å². The molecule has 3 atom stereocenters. The maximum atomic E-state index is 13.3. The summed E-state index contributed by atoms with van der Waals surface area (Å²) in [6.45, 7) is 4.40. The molecular formula is C20H26N4O6. The van der Waals surface area contributed by atoms with Gasteiger partial charge in [0, 0.05) is 19.6 Å². The van der Waals surface area contributed by atoms with E-state index in [4.69, 9.17) is 9.15 Å². The van der Waals surface area contributed by atoms with Crippen LogP contribution in [0, 0.1) is 0 Å². The van der Waals surface area contributed by atoms with Gasteiger partial charge in [0.05, 0.1) is 19.4 Å². The molecule has 3 heterocycles. The fraction of sp³-hybridized carbons (Fsp3) is 0.500. The molecular weight excluding hydrogens is 392 g/mol. The number of nitrogens with one attached hydrogen (secondary N) is 2. The first-order valence-electron chi connectivity index (χ1n) is 9.84. The third-order valence-electron chi connectivity index (χ3n) is 5.33. The van der Waals surface area contributed by atoms with Gasteiger partial charge in [-0.05, 0) is 31.4 Å². The van der Waals surface area contributed by atoms with E-state index in [1.807, 2.05) is 0 Å². The number of rotatable bonds is 6. The van der Waals surface area contributed by atoms with Gasteiger partial charge in [-0.25, -0.2) is 9.59 Å². The number of furan rings is 1. The normalized spacial score (nSPS) is 23.2. The van der Waals surface area contributed by atoms with Crippen molar-refractivity contribution >= 4 is 23.8 Å². The Labute approximate surface area is 174 Å². The fourth-order valence-electron chi connectivity index (χ4n) is 3.95. The average Bonchev–Trinajstić information content (AvgIpc) is 3.50. The highest BCUT2D eigenvalue weighted by molar-refractivity contribution is 5.97. The summed E-state index contributed by atoms with van der Waals surface area (Å²) < 4.78 is 10.0. The van der Waals surface area contributed by atoms with Gasteiger partial charge in [0.15, 0.2) is 5.76 Å². The summed E-state index contributed by atoms with van der Waals surface area (Å²) in [5.74, 6) is -1.14. The van der Waals surface area contributed by atoms with Gasteiger partial charge in [-0.15, -0.1) is 6.58 Å². The summed E-state index contributed by atoms with van der Waals surface area (Å²) in [6.07, 6.45) is 4.36. The summed E-state index contributed by atoms with van der Waals surface area (Å²) >= 11 is 0. The monoisotopic (exact) mass is 418 g/mol. The minimum absolute atomic E-state index is 0.107. The summed E-state index contributed by atoms with van der Waals surface area (Å²) in [5, 5.41) is 5.39. The fourth-order valence-corrected chi connectivity index (χ4v) is 3.95. The molecule has 10 heteroatoms. The second kappa shape index (κ2) is 9.47. The Kier molecular flexibility index (Phi) is 6.76. The summed E-state index contributed by atoms with van der Waals surface area (Å²) in [4.78, 5) is 53.2. The standard InChI is InChI=1S/C20H26N4O6/c1-3-8-21-20(28)22-13-11-15(24(12-13)18(26)16-7-5-10-30-16)17(25)23-9-4-6-14(23)19(27)29-2/h3,5,7,10,13-15H,1,4,6,8-9,11-12H2,2H3,(H2,21,22,28). The van der Waals surface area contributed by atoms with Gasteiger partial charge in [0.25, 0.3) is 5.91 Å². The van der Waals surface area contributed by atoms with Crippen LogP contribution in [0.5, 0.6) is 0 Å². The van der Waals surface area contributed by atoms with Crippen molar-refractivity contribution in [2.75, 3.05) is 26.7 Å². The van der Waals surface area contributed by atoms with Crippen molar-refractivity contribution in [3.63, 3.8) is 0 Å². The molecule has 10 nitrogen and oxygen atoms in total. The first-order chi connectivity index (χ1) is 14.5. The van der Waals surface area contributed by atoms with Gasteiger partial charge in [-0.3, -0.25) is 9.59 Å². The molecule has 1 aromatic heterocycles. The van der Waals surface area contributed by atoms with Crippen LogP contribution < -0.4 is 10.6 Å². The number of methoxy groups -OCH3 is 1. The molecule has 0 radical (unpaired) electrons. The Bertz CT molecular complexity index is 808. The minimum Gasteiger partial charge on any atom is -0.467 e. The Hall–Kier alpha value is -3.30. The number of nitrogens with zero attached hydrogens (tertiary/aromatic N) is 2. The molecule has 2 aliphatic rings. The van der Waals surface area contributed by atoms with Crippen LogP contribution in [-0.2, 0) is 14.3 Å². The molecule has 0 saturated carbocycles. The van der Waals surface area contributed by atoms with Gasteiger partial charge >= 0.3 is 12.0 Å². The second-order valence-corrected chi connectivity index (χ2v) is 7.24. The van der Waals surface area contributed by atoms with E-state index in [9.17, 15) is 19.2 Å². The summed E-state index contributed by atoms with van der Waals surface area (Å²) in [6, 6.07) is 0.790. The number of carbonyl (C=O) groups is 4. The summed E-state index contributed by atoms with van der Waals surface area (Å²) in [7, 11) is 1.29. The molecule has 4 amide bonds. The molecule has 1 aromatic rings. The first-order valence-corrected chi connectivity index (χ1v) is 9.84. The molecule has 162 valence electrons. The van der Waals surface area contributed by atoms with Gasteiger partial charge in [0.1, 0.15) is 12.1 Å². The van der Waals surface area contributed by atoms with Crippen molar-refractivity contribution in [2.24, 2.45) is 0 Å². The molecule has 2 saturated heterocycles. The highest BCUT2D eigenvalue weighted by Gasteiger charge is 2.46. The second-order valence-electron chi connectivity index (χ2n) is 7.24. The molecule has 2 aliphatic heterocycles. The highest BCUT2D eigenvalue weighted by Crippen LogP contribution is 2.27. The van der Waals surface area contributed by atoms with Gasteiger partial charge in [-0.1, -0.05) is 6.08 Å². The largest absolute Gasteiger partial charge is 0.467 e. The van der Waals surface area contributed by atoms with Crippen molar-refractivity contribution in [2.45, 2.75) is 37.4 Å². The van der Waals surface area contributed by atoms with Crippen molar-refractivity contribution in [3.8, 4) is 0 Å². The van der Waals surface area contributed by atoms with Gasteiger partial charge in [0.2, 0.25) is 5.91 Å². The quantitative estimate of drug-likeness (QED) is 0.513. The van der Waals surface area contributed by atoms with Crippen LogP contribution in [0.15, 0.2) is 35.5 Å². The number of hydrogen-bond acceptors (Lipinski definition) is 6. The lowest BCUT2D eigenvalue weighted by molar-refractivity contribution is -0.152. The van der Waals surface area contributed by atoms with Crippen LogP contribution in [0.4, 0.5) is 4.79 Å². The topological polar surface area (TPSA) is 121 Å². The predicted octanol–water partition coefficient (Wildman–Crippen LogP) is 0.512. The van der Waals surface area contributed by atoms with Crippen molar-refractivity contribution < 1.29 is 28.3 Å². The molecule has 30 heavy (non-hydrogen) atoms. The van der Waals surface area contributed by atoms with Crippen LogP contribution in [0.25, 0.3) is 0 Å². The minimum atomic E-state index is -0.822. The zero-order valence-corrected chi connectivity index (χ0v) is 16.8. The van der Waals surface area contributed by atoms with Crippen molar-refractivity contribution in [1.82, 2.24) is 20.4 Å². The van der Waals surface area contributed by atoms with E-state index >= 15 is 0 Å². The first kappa shape index (κ1) is 21.4. The predicted molar refractivity (Wildman–Crippen MR) is 105 cm³/mol. The summed E-state index contributed by atoms with van der Waals surface area (Å²) in [5.41, 5.74) is 0. The third kappa shape index (κ3) is 4.47. The number of hydrogen-bond donors (Lipinski definition) is 2. The molecule has 2 N–H and O–H groups in total. The molecule has 0 aromatic carbocycles. The van der Waals surface area contributed by atoms with E-state index < -0.39 is 36.0 Å². The van der Waals surface area contributed by atoms with E-state index in [-0.39, 0.29) is 24.6 Å². The number of ether oxygens (including phenoxy) is 1. The number of amides is 4. The Balaban J connectivity index is 1.78. The van der Waals surface area contributed by atoms with Gasteiger partial charge in [-0.2, -0.15) is 0 Å². The van der Waals surface area contributed by atoms with Crippen LogP contribution >= 0.6 is 0 Å². The molecule has 2 fully saturated rings. The van der Waals surface area contributed by atoms with E-state index in [1.54, 1.807) is 12.1 Å². The van der Waals surface area contributed by atoms with Crippen molar-refractivity contribution in [1.29, 1.82) is 0 Å². The Morgan fingerprint density at radius 1 is 1.30 bits per heavy atom. The van der Waals surface area contributed by atoms with Crippen molar-refractivity contribution in [3.05, 3.63) is 36.8 Å². The van der Waals surface area contributed by atoms with Crippen LogP contribution in [0.2, 0.25) is 0 Å². The number of esters is 1. The number of urea groups is 1. The lowest BCUT2D eigenvalue weighted by Crippen LogP contribution is -2.51. The molecule has 3 unspecified atom stereocenters. The Morgan fingerprint density at radius 2 is 2.10 bits per heavy atom. The zero-order valence-electron chi connectivity index (χ0n) is 16.8. The molecule has 0 aliphatic carbocycles. The van der Waals surface area contributed by atoms with Crippen LogP contribution in [-0.4, -0.2) is 78.5 Å². The number of likely N-dealkylation sites (tertiary alicyclic amines) is 2.